The number of rotatable bonds is 4. The molecule has 0 unspecified atom stereocenters. The highest BCUT2D eigenvalue weighted by Gasteiger charge is 2.26. The summed E-state index contributed by atoms with van der Waals surface area (Å²) in [7, 11) is 0. The SMILES string of the molecule is Cc1ccc(OCC(=O)N2CCCN(C(=O)c3c(F)cccc3Cl)CC2)c(C)c1. The van der Waals surface area contributed by atoms with E-state index in [1.54, 1.807) is 9.80 Å². The van der Waals surface area contributed by atoms with E-state index in [4.69, 9.17) is 16.3 Å². The van der Waals surface area contributed by atoms with Gasteiger partial charge in [0.05, 0.1) is 10.6 Å². The van der Waals surface area contributed by atoms with Gasteiger partial charge in [0.2, 0.25) is 0 Å². The molecule has 0 radical (unpaired) electrons. The fourth-order valence-electron chi connectivity index (χ4n) is 3.42. The molecule has 2 aromatic rings. The highest BCUT2D eigenvalue weighted by Crippen LogP contribution is 2.22. The Morgan fingerprint density at radius 3 is 2.52 bits per heavy atom. The summed E-state index contributed by atoms with van der Waals surface area (Å²) in [6, 6.07) is 9.98. The number of ether oxygens (including phenoxy) is 1. The standard InChI is InChI=1S/C22H24ClFN2O3/c1-15-7-8-19(16(2)13-15)29-14-20(27)25-9-4-10-26(12-11-25)22(28)21-17(23)5-3-6-18(21)24/h3,5-8,13H,4,9-12,14H2,1-2H3. The van der Waals surface area contributed by atoms with Gasteiger partial charge in [-0.15, -0.1) is 0 Å². The Bertz CT molecular complexity index is 899. The lowest BCUT2D eigenvalue weighted by Crippen LogP contribution is -2.39. The van der Waals surface area contributed by atoms with E-state index in [0.717, 1.165) is 11.1 Å². The van der Waals surface area contributed by atoms with Crippen molar-refractivity contribution in [3.05, 3.63) is 63.9 Å². The van der Waals surface area contributed by atoms with Crippen molar-refractivity contribution in [3.63, 3.8) is 0 Å². The third-order valence-corrected chi connectivity index (χ3v) is 5.31. The lowest BCUT2D eigenvalue weighted by atomic mass is 10.1. The third kappa shape index (κ3) is 5.07. The quantitative estimate of drug-likeness (QED) is 0.757. The lowest BCUT2D eigenvalue weighted by molar-refractivity contribution is -0.133. The first-order valence-corrected chi connectivity index (χ1v) is 9.95. The molecule has 1 fully saturated rings. The lowest BCUT2D eigenvalue weighted by Gasteiger charge is -2.23. The van der Waals surface area contributed by atoms with Crippen molar-refractivity contribution < 1.29 is 18.7 Å². The van der Waals surface area contributed by atoms with Crippen LogP contribution in [0.4, 0.5) is 4.39 Å². The topological polar surface area (TPSA) is 49.9 Å². The van der Waals surface area contributed by atoms with Crippen molar-refractivity contribution in [1.82, 2.24) is 9.80 Å². The molecule has 5 nitrogen and oxygen atoms in total. The number of carbonyl (C=O) groups excluding carboxylic acids is 2. The van der Waals surface area contributed by atoms with Gasteiger partial charge >= 0.3 is 0 Å². The van der Waals surface area contributed by atoms with E-state index in [9.17, 15) is 14.0 Å². The smallest absolute Gasteiger partial charge is 0.260 e. The van der Waals surface area contributed by atoms with E-state index in [2.05, 4.69) is 0 Å². The maximum absolute atomic E-state index is 14.1. The average Bonchev–Trinajstić information content (AvgIpc) is 2.93. The van der Waals surface area contributed by atoms with E-state index < -0.39 is 11.7 Å². The largest absolute Gasteiger partial charge is 0.484 e. The van der Waals surface area contributed by atoms with Crippen molar-refractivity contribution in [2.45, 2.75) is 20.3 Å². The number of amides is 2. The second-order valence-corrected chi connectivity index (χ2v) is 7.59. The Labute approximate surface area is 175 Å². The van der Waals surface area contributed by atoms with Gasteiger partial charge in [0, 0.05) is 26.2 Å². The third-order valence-electron chi connectivity index (χ3n) is 4.99. The zero-order valence-corrected chi connectivity index (χ0v) is 17.3. The normalized spacial score (nSPS) is 14.5. The predicted octanol–water partition coefficient (Wildman–Crippen LogP) is 3.85. The van der Waals surface area contributed by atoms with Crippen molar-refractivity contribution in [2.75, 3.05) is 32.8 Å². The van der Waals surface area contributed by atoms with Crippen LogP contribution in [0.2, 0.25) is 5.02 Å². The van der Waals surface area contributed by atoms with E-state index in [1.165, 1.54) is 18.2 Å². The van der Waals surface area contributed by atoms with Crippen molar-refractivity contribution in [2.24, 2.45) is 0 Å². The van der Waals surface area contributed by atoms with Gasteiger partial charge in [0.15, 0.2) is 6.61 Å². The molecule has 0 bridgehead atoms. The molecule has 0 atom stereocenters. The van der Waals surface area contributed by atoms with Crippen LogP contribution in [0.1, 0.15) is 27.9 Å². The molecule has 0 aromatic heterocycles. The van der Waals surface area contributed by atoms with E-state index in [0.29, 0.717) is 38.3 Å². The molecular weight excluding hydrogens is 395 g/mol. The van der Waals surface area contributed by atoms with Crippen LogP contribution < -0.4 is 4.74 Å². The zero-order chi connectivity index (χ0) is 21.0. The summed E-state index contributed by atoms with van der Waals surface area (Å²) in [5.74, 6) is -0.538. The van der Waals surface area contributed by atoms with Crippen LogP contribution in [0, 0.1) is 19.7 Å². The molecule has 0 N–H and O–H groups in total. The molecule has 3 rings (SSSR count). The summed E-state index contributed by atoms with van der Waals surface area (Å²) in [6.07, 6.45) is 0.604. The van der Waals surface area contributed by atoms with Crippen molar-refractivity contribution >= 4 is 23.4 Å². The van der Waals surface area contributed by atoms with Gasteiger partial charge in [-0.3, -0.25) is 9.59 Å². The summed E-state index contributed by atoms with van der Waals surface area (Å²) in [6.45, 7) is 5.52. The van der Waals surface area contributed by atoms with E-state index >= 15 is 0 Å². The van der Waals surface area contributed by atoms with Gasteiger partial charge in [0.25, 0.3) is 11.8 Å². The fraction of sp³-hybridized carbons (Fsp3) is 0.364. The van der Waals surface area contributed by atoms with Gasteiger partial charge in [0.1, 0.15) is 11.6 Å². The molecule has 1 aliphatic heterocycles. The highest BCUT2D eigenvalue weighted by molar-refractivity contribution is 6.33. The van der Waals surface area contributed by atoms with Crippen LogP contribution in [0.5, 0.6) is 5.75 Å². The number of hydrogen-bond acceptors (Lipinski definition) is 3. The molecule has 0 saturated carbocycles. The maximum atomic E-state index is 14.1. The first kappa shape index (κ1) is 21.1. The number of aryl methyl sites for hydroxylation is 2. The van der Waals surface area contributed by atoms with Crippen molar-refractivity contribution in [1.29, 1.82) is 0 Å². The molecule has 29 heavy (non-hydrogen) atoms. The Morgan fingerprint density at radius 1 is 1.07 bits per heavy atom. The molecule has 7 heteroatoms. The number of hydrogen-bond donors (Lipinski definition) is 0. The molecule has 0 aliphatic carbocycles. The molecule has 0 spiro atoms. The van der Waals surface area contributed by atoms with Crippen LogP contribution in [0.15, 0.2) is 36.4 Å². The van der Waals surface area contributed by atoms with Gasteiger partial charge < -0.3 is 14.5 Å². The second kappa shape index (κ2) is 9.27. The van der Waals surface area contributed by atoms with E-state index in [-0.39, 0.29) is 23.1 Å². The maximum Gasteiger partial charge on any atom is 0.260 e. The summed E-state index contributed by atoms with van der Waals surface area (Å²) in [5, 5.41) is 0.0917. The molecule has 154 valence electrons. The predicted molar refractivity (Wildman–Crippen MR) is 110 cm³/mol. The van der Waals surface area contributed by atoms with Crippen LogP contribution in [0.3, 0.4) is 0 Å². The summed E-state index contributed by atoms with van der Waals surface area (Å²) < 4.78 is 19.8. The minimum Gasteiger partial charge on any atom is -0.484 e. The Morgan fingerprint density at radius 2 is 1.79 bits per heavy atom. The Kier molecular flexibility index (Phi) is 6.75. The summed E-state index contributed by atoms with van der Waals surface area (Å²) >= 11 is 6.02. The number of halogens is 2. The number of nitrogens with zero attached hydrogens (tertiary/aromatic N) is 2. The molecule has 2 aromatic carbocycles. The average molecular weight is 419 g/mol. The van der Waals surface area contributed by atoms with Crippen LogP contribution in [0.25, 0.3) is 0 Å². The second-order valence-electron chi connectivity index (χ2n) is 7.18. The number of carbonyl (C=O) groups is 2. The van der Waals surface area contributed by atoms with E-state index in [1.807, 2.05) is 32.0 Å². The molecule has 2 amide bonds. The molecule has 1 heterocycles. The summed E-state index contributed by atoms with van der Waals surface area (Å²) in [4.78, 5) is 28.5. The van der Waals surface area contributed by atoms with Crippen LogP contribution >= 0.6 is 11.6 Å². The van der Waals surface area contributed by atoms with Crippen molar-refractivity contribution in [3.8, 4) is 5.75 Å². The minimum absolute atomic E-state index is 0.0585. The summed E-state index contributed by atoms with van der Waals surface area (Å²) in [5.41, 5.74) is 1.99. The van der Waals surface area contributed by atoms with Gasteiger partial charge in [-0.05, 0) is 44.0 Å². The van der Waals surface area contributed by atoms with Crippen LogP contribution in [-0.2, 0) is 4.79 Å². The molecule has 1 saturated heterocycles. The van der Waals surface area contributed by atoms with Crippen LogP contribution in [-0.4, -0.2) is 54.4 Å². The zero-order valence-electron chi connectivity index (χ0n) is 16.6. The Hall–Kier alpha value is -2.60. The number of benzene rings is 2. The van der Waals surface area contributed by atoms with Gasteiger partial charge in [-0.2, -0.15) is 0 Å². The molecular formula is C22H24ClFN2O3. The van der Waals surface area contributed by atoms with Gasteiger partial charge in [-0.25, -0.2) is 4.39 Å². The monoisotopic (exact) mass is 418 g/mol. The first-order valence-electron chi connectivity index (χ1n) is 9.58. The minimum atomic E-state index is -0.637. The first-order chi connectivity index (χ1) is 13.9. The fourth-order valence-corrected chi connectivity index (χ4v) is 3.67. The highest BCUT2D eigenvalue weighted by atomic mass is 35.5. The van der Waals surface area contributed by atoms with Gasteiger partial charge in [-0.1, -0.05) is 35.4 Å². The Balaban J connectivity index is 1.59. The molecule has 1 aliphatic rings.